The first kappa shape index (κ1) is 9.11. The van der Waals surface area contributed by atoms with Gasteiger partial charge in [0.15, 0.2) is 0 Å². The van der Waals surface area contributed by atoms with Gasteiger partial charge in [-0.25, -0.2) is 0 Å². The molecule has 1 aromatic rings. The lowest BCUT2D eigenvalue weighted by Crippen LogP contribution is -2.03. The second-order valence-corrected chi connectivity index (χ2v) is 3.17. The van der Waals surface area contributed by atoms with E-state index in [0.717, 1.165) is 16.9 Å². The van der Waals surface area contributed by atoms with Gasteiger partial charge in [-0.2, -0.15) is 5.26 Å². The second-order valence-electron chi connectivity index (χ2n) is 2.34. The van der Waals surface area contributed by atoms with Crippen molar-refractivity contribution in [2.75, 3.05) is 6.54 Å². The van der Waals surface area contributed by atoms with Crippen LogP contribution < -0.4 is 5.73 Å². The number of thiocyanates is 1. The fraction of sp³-hybridized carbons (Fsp3) is 0.222. The van der Waals surface area contributed by atoms with Gasteiger partial charge >= 0.3 is 0 Å². The lowest BCUT2D eigenvalue weighted by molar-refractivity contribution is 0.945. The molecule has 0 aromatic heterocycles. The molecule has 0 unspecified atom stereocenters. The van der Waals surface area contributed by atoms with Gasteiger partial charge in [-0.05, 0) is 36.4 Å². The van der Waals surface area contributed by atoms with Crippen LogP contribution in [0.15, 0.2) is 29.2 Å². The van der Waals surface area contributed by atoms with E-state index in [9.17, 15) is 0 Å². The third-order valence-corrected chi connectivity index (χ3v) is 2.25. The molecule has 0 fully saturated rings. The summed E-state index contributed by atoms with van der Waals surface area (Å²) >= 11 is 1.19. The Bertz CT molecular complexity index is 291. The molecule has 1 aromatic carbocycles. The molecule has 1 rings (SSSR count). The van der Waals surface area contributed by atoms with Crippen LogP contribution in [0.1, 0.15) is 5.56 Å². The zero-order chi connectivity index (χ0) is 8.81. The van der Waals surface area contributed by atoms with Gasteiger partial charge in [0.05, 0.1) is 0 Å². The van der Waals surface area contributed by atoms with E-state index in [1.54, 1.807) is 0 Å². The Morgan fingerprint density at radius 2 is 2.17 bits per heavy atom. The molecule has 0 radical (unpaired) electrons. The largest absolute Gasteiger partial charge is 0.330 e. The highest BCUT2D eigenvalue weighted by atomic mass is 32.2. The molecule has 2 N–H and O–H groups in total. The van der Waals surface area contributed by atoms with Crippen molar-refractivity contribution < 1.29 is 0 Å². The van der Waals surface area contributed by atoms with E-state index in [0.29, 0.717) is 6.54 Å². The van der Waals surface area contributed by atoms with Crippen LogP contribution in [0.4, 0.5) is 0 Å². The second kappa shape index (κ2) is 4.81. The van der Waals surface area contributed by atoms with Crippen molar-refractivity contribution >= 4 is 11.8 Å². The van der Waals surface area contributed by atoms with Crippen molar-refractivity contribution in [3.63, 3.8) is 0 Å². The Morgan fingerprint density at radius 1 is 1.42 bits per heavy atom. The molecule has 0 saturated heterocycles. The Labute approximate surface area is 76.4 Å². The standard InChI is InChI=1S/C9H10N2S/c10-6-5-8-3-1-2-4-9(8)12-7-11/h1-4H,5-6,10H2. The van der Waals surface area contributed by atoms with Crippen molar-refractivity contribution in [3.05, 3.63) is 29.8 Å². The maximum absolute atomic E-state index is 8.49. The van der Waals surface area contributed by atoms with Crippen LogP contribution in [0.2, 0.25) is 0 Å². The zero-order valence-electron chi connectivity index (χ0n) is 6.66. The van der Waals surface area contributed by atoms with Gasteiger partial charge in [-0.3, -0.25) is 0 Å². The Morgan fingerprint density at radius 3 is 2.83 bits per heavy atom. The Balaban J connectivity index is 2.85. The summed E-state index contributed by atoms with van der Waals surface area (Å²) in [7, 11) is 0. The fourth-order valence-electron chi connectivity index (χ4n) is 1.01. The summed E-state index contributed by atoms with van der Waals surface area (Å²) in [4.78, 5) is 1.02. The number of benzene rings is 1. The van der Waals surface area contributed by atoms with Crippen LogP contribution in [0, 0.1) is 10.7 Å². The fourth-order valence-corrected chi connectivity index (χ4v) is 1.56. The summed E-state index contributed by atoms with van der Waals surface area (Å²) in [6.07, 6.45) is 0.838. The van der Waals surface area contributed by atoms with Crippen LogP contribution in [0.25, 0.3) is 0 Å². The number of thioether (sulfide) groups is 1. The third kappa shape index (κ3) is 2.26. The Kier molecular flexibility index (Phi) is 3.65. The summed E-state index contributed by atoms with van der Waals surface area (Å²) in [6, 6.07) is 7.84. The molecule has 0 heterocycles. The minimum absolute atomic E-state index is 0.628. The van der Waals surface area contributed by atoms with E-state index >= 15 is 0 Å². The quantitative estimate of drug-likeness (QED) is 0.566. The molecule has 0 amide bonds. The first-order chi connectivity index (χ1) is 5.88. The molecule has 62 valence electrons. The van der Waals surface area contributed by atoms with Crippen molar-refractivity contribution in [2.24, 2.45) is 5.73 Å². The molecule has 2 nitrogen and oxygen atoms in total. The van der Waals surface area contributed by atoms with Crippen molar-refractivity contribution in [1.82, 2.24) is 0 Å². The maximum atomic E-state index is 8.49. The van der Waals surface area contributed by atoms with Gasteiger partial charge in [0.25, 0.3) is 0 Å². The van der Waals surface area contributed by atoms with Crippen LogP contribution in [0.5, 0.6) is 0 Å². The van der Waals surface area contributed by atoms with Crippen LogP contribution >= 0.6 is 11.8 Å². The van der Waals surface area contributed by atoms with Gasteiger partial charge in [-0.1, -0.05) is 18.2 Å². The average Bonchev–Trinajstić information content (AvgIpc) is 2.09. The van der Waals surface area contributed by atoms with E-state index in [-0.39, 0.29) is 0 Å². The van der Waals surface area contributed by atoms with E-state index in [4.69, 9.17) is 11.0 Å². The third-order valence-electron chi connectivity index (χ3n) is 1.54. The molecule has 0 bridgehead atoms. The molecule has 0 atom stereocenters. The smallest absolute Gasteiger partial charge is 0.138 e. The lowest BCUT2D eigenvalue weighted by Gasteiger charge is -2.02. The minimum atomic E-state index is 0.628. The predicted molar refractivity (Wildman–Crippen MR) is 50.7 cm³/mol. The highest BCUT2D eigenvalue weighted by Gasteiger charge is 1.99. The highest BCUT2D eigenvalue weighted by molar-refractivity contribution is 8.03. The highest BCUT2D eigenvalue weighted by Crippen LogP contribution is 2.21. The van der Waals surface area contributed by atoms with E-state index in [1.165, 1.54) is 11.8 Å². The number of nitrogens with zero attached hydrogens (tertiary/aromatic N) is 1. The van der Waals surface area contributed by atoms with E-state index < -0.39 is 0 Å². The molecule has 0 aliphatic rings. The summed E-state index contributed by atoms with van der Waals surface area (Å²) < 4.78 is 0. The van der Waals surface area contributed by atoms with Gasteiger partial charge < -0.3 is 5.73 Å². The maximum Gasteiger partial charge on any atom is 0.138 e. The lowest BCUT2D eigenvalue weighted by atomic mass is 10.1. The number of hydrogen-bond acceptors (Lipinski definition) is 3. The van der Waals surface area contributed by atoms with Crippen molar-refractivity contribution in [2.45, 2.75) is 11.3 Å². The summed E-state index contributed by atoms with van der Waals surface area (Å²) in [6.45, 7) is 0.628. The number of nitrogens with two attached hydrogens (primary N) is 1. The van der Waals surface area contributed by atoms with Crippen LogP contribution in [-0.2, 0) is 6.42 Å². The molecule has 3 heteroatoms. The molecule has 0 saturated carbocycles. The average molecular weight is 178 g/mol. The minimum Gasteiger partial charge on any atom is -0.330 e. The monoisotopic (exact) mass is 178 g/mol. The summed E-state index contributed by atoms with van der Waals surface area (Å²) in [5.74, 6) is 0. The number of nitriles is 1. The predicted octanol–water partition coefficient (Wildman–Crippen LogP) is 1.76. The topological polar surface area (TPSA) is 49.8 Å². The number of hydrogen-bond donors (Lipinski definition) is 1. The van der Waals surface area contributed by atoms with Crippen molar-refractivity contribution in [1.29, 1.82) is 5.26 Å². The first-order valence-corrected chi connectivity index (χ1v) is 4.54. The van der Waals surface area contributed by atoms with Crippen molar-refractivity contribution in [3.8, 4) is 5.40 Å². The van der Waals surface area contributed by atoms with E-state index in [1.807, 2.05) is 24.3 Å². The van der Waals surface area contributed by atoms with Gasteiger partial charge in [0.1, 0.15) is 5.40 Å². The molecular formula is C9H10N2S. The van der Waals surface area contributed by atoms with Gasteiger partial charge in [-0.15, -0.1) is 0 Å². The summed E-state index contributed by atoms with van der Waals surface area (Å²) in [5.41, 5.74) is 6.59. The first-order valence-electron chi connectivity index (χ1n) is 3.72. The SMILES string of the molecule is N#CSc1ccccc1CCN. The Hall–Kier alpha value is -0.980. The molecular weight excluding hydrogens is 168 g/mol. The van der Waals surface area contributed by atoms with Gasteiger partial charge in [0, 0.05) is 4.90 Å². The molecule has 0 aliphatic carbocycles. The normalized spacial score (nSPS) is 9.33. The number of rotatable bonds is 3. The molecule has 0 spiro atoms. The molecule has 0 aliphatic heterocycles. The zero-order valence-corrected chi connectivity index (χ0v) is 7.47. The van der Waals surface area contributed by atoms with Crippen LogP contribution in [-0.4, -0.2) is 6.54 Å². The molecule has 12 heavy (non-hydrogen) atoms. The van der Waals surface area contributed by atoms with Gasteiger partial charge in [0.2, 0.25) is 0 Å². The summed E-state index contributed by atoms with van der Waals surface area (Å²) in [5, 5.41) is 10.6. The van der Waals surface area contributed by atoms with E-state index in [2.05, 4.69) is 5.40 Å². The van der Waals surface area contributed by atoms with Crippen LogP contribution in [0.3, 0.4) is 0 Å².